The zero-order chi connectivity index (χ0) is 14.8. The van der Waals surface area contributed by atoms with Crippen molar-refractivity contribution in [3.63, 3.8) is 0 Å². The Morgan fingerprint density at radius 3 is 2.85 bits per heavy atom. The van der Waals surface area contributed by atoms with Gasteiger partial charge in [-0.3, -0.25) is 4.79 Å². The summed E-state index contributed by atoms with van der Waals surface area (Å²) in [6, 6.07) is 6.47. The van der Waals surface area contributed by atoms with Crippen LogP contribution >= 0.6 is 11.8 Å². The number of thioether (sulfide) groups is 1. The van der Waals surface area contributed by atoms with E-state index in [1.54, 1.807) is 7.05 Å². The maximum atomic E-state index is 11.6. The Balaban J connectivity index is 2.13. The largest absolute Gasteiger partial charge is 0.480 e. The van der Waals surface area contributed by atoms with E-state index in [0.717, 1.165) is 19.3 Å². The number of carboxylic acids is 1. The van der Waals surface area contributed by atoms with Crippen LogP contribution in [0.4, 0.5) is 0 Å². The van der Waals surface area contributed by atoms with Gasteiger partial charge in [0.05, 0.1) is 0 Å². The minimum Gasteiger partial charge on any atom is -0.480 e. The second-order valence-corrected chi connectivity index (χ2v) is 7.08. The van der Waals surface area contributed by atoms with Crippen LogP contribution in [-0.2, 0) is 4.79 Å². The van der Waals surface area contributed by atoms with E-state index in [4.69, 9.17) is 0 Å². The van der Waals surface area contributed by atoms with Crippen molar-refractivity contribution < 1.29 is 9.90 Å². The predicted octanol–water partition coefficient (Wildman–Crippen LogP) is 3.38. The highest BCUT2D eigenvalue weighted by atomic mass is 32.2. The van der Waals surface area contributed by atoms with E-state index < -0.39 is 11.5 Å². The first-order chi connectivity index (χ1) is 9.47. The molecule has 1 fully saturated rings. The van der Waals surface area contributed by atoms with Crippen LogP contribution in [0.15, 0.2) is 23.1 Å². The third-order valence-corrected chi connectivity index (χ3v) is 5.66. The lowest BCUT2D eigenvalue weighted by Crippen LogP contribution is -2.53. The fourth-order valence-corrected chi connectivity index (χ4v) is 4.39. The van der Waals surface area contributed by atoms with Gasteiger partial charge < -0.3 is 10.4 Å². The predicted molar refractivity (Wildman–Crippen MR) is 83.5 cm³/mol. The molecule has 1 aliphatic carbocycles. The summed E-state index contributed by atoms with van der Waals surface area (Å²) in [4.78, 5) is 12.8. The number of aryl methyl sites for hydroxylation is 2. The minimum absolute atomic E-state index is 0.368. The summed E-state index contributed by atoms with van der Waals surface area (Å²) in [6.07, 6.45) is 3.48. The lowest BCUT2D eigenvalue weighted by Gasteiger charge is -2.37. The highest BCUT2D eigenvalue weighted by Gasteiger charge is 2.41. The Kier molecular flexibility index (Phi) is 4.76. The summed E-state index contributed by atoms with van der Waals surface area (Å²) in [5.41, 5.74) is 1.79. The molecular formula is C16H23NO2S. The first-order valence-corrected chi connectivity index (χ1v) is 8.01. The van der Waals surface area contributed by atoms with Crippen LogP contribution in [0, 0.1) is 13.8 Å². The van der Waals surface area contributed by atoms with Crippen LogP contribution < -0.4 is 5.32 Å². The number of benzene rings is 1. The Morgan fingerprint density at radius 1 is 1.45 bits per heavy atom. The molecule has 4 heteroatoms. The molecule has 0 heterocycles. The normalized spacial score (nSPS) is 26.4. The molecule has 1 aromatic rings. The molecule has 0 saturated heterocycles. The molecule has 0 radical (unpaired) electrons. The smallest absolute Gasteiger partial charge is 0.323 e. The quantitative estimate of drug-likeness (QED) is 0.893. The minimum atomic E-state index is -0.742. The molecule has 0 aliphatic heterocycles. The van der Waals surface area contributed by atoms with E-state index in [1.807, 2.05) is 11.8 Å². The van der Waals surface area contributed by atoms with E-state index >= 15 is 0 Å². The molecule has 0 spiro atoms. The van der Waals surface area contributed by atoms with Gasteiger partial charge in [-0.25, -0.2) is 0 Å². The molecule has 0 aromatic heterocycles. The van der Waals surface area contributed by atoms with Crippen LogP contribution in [0.3, 0.4) is 0 Å². The average molecular weight is 293 g/mol. The fourth-order valence-electron chi connectivity index (χ4n) is 2.87. The standard InChI is InChI=1S/C16H23NO2S/c1-11-6-7-12(2)14(9-11)20-13-5-4-8-16(10-13,17-3)15(18)19/h6-7,9,13,17H,4-5,8,10H2,1-3H3,(H,18,19). The average Bonchev–Trinajstić information content (AvgIpc) is 2.43. The van der Waals surface area contributed by atoms with Crippen molar-refractivity contribution >= 4 is 17.7 Å². The molecular weight excluding hydrogens is 270 g/mol. The van der Waals surface area contributed by atoms with Gasteiger partial charge >= 0.3 is 5.97 Å². The van der Waals surface area contributed by atoms with Gasteiger partial charge in [0, 0.05) is 10.1 Å². The number of hydrogen-bond donors (Lipinski definition) is 2. The molecule has 20 heavy (non-hydrogen) atoms. The molecule has 1 saturated carbocycles. The lowest BCUT2D eigenvalue weighted by atomic mass is 9.81. The molecule has 0 amide bonds. The first kappa shape index (κ1) is 15.4. The van der Waals surface area contributed by atoms with Gasteiger partial charge in [0.15, 0.2) is 0 Å². The van der Waals surface area contributed by atoms with Crippen LogP contribution in [-0.4, -0.2) is 28.9 Å². The van der Waals surface area contributed by atoms with Crippen molar-refractivity contribution in [1.29, 1.82) is 0 Å². The third kappa shape index (κ3) is 3.18. The third-order valence-electron chi connectivity index (χ3n) is 4.23. The fraction of sp³-hybridized carbons (Fsp3) is 0.562. The van der Waals surface area contributed by atoms with Gasteiger partial charge in [-0.05, 0) is 58.2 Å². The zero-order valence-electron chi connectivity index (χ0n) is 12.4. The maximum absolute atomic E-state index is 11.6. The summed E-state index contributed by atoms with van der Waals surface area (Å²) in [5.74, 6) is -0.716. The van der Waals surface area contributed by atoms with Crippen molar-refractivity contribution in [3.8, 4) is 0 Å². The number of carbonyl (C=O) groups is 1. The summed E-state index contributed by atoms with van der Waals surface area (Å²) < 4.78 is 0. The second kappa shape index (κ2) is 6.19. The maximum Gasteiger partial charge on any atom is 0.323 e. The van der Waals surface area contributed by atoms with Crippen LogP contribution in [0.25, 0.3) is 0 Å². The number of rotatable bonds is 4. The van der Waals surface area contributed by atoms with E-state index in [9.17, 15) is 9.90 Å². The highest BCUT2D eigenvalue weighted by molar-refractivity contribution is 8.00. The SMILES string of the molecule is CNC1(C(=O)O)CCCC(Sc2cc(C)ccc2C)C1. The van der Waals surface area contributed by atoms with Gasteiger partial charge in [0.2, 0.25) is 0 Å². The Hall–Kier alpha value is -1.00. The molecule has 2 N–H and O–H groups in total. The Labute approximate surface area is 125 Å². The van der Waals surface area contributed by atoms with Gasteiger partial charge in [0.1, 0.15) is 5.54 Å². The van der Waals surface area contributed by atoms with Crippen molar-refractivity contribution in [2.45, 2.75) is 55.2 Å². The molecule has 1 aromatic carbocycles. The van der Waals surface area contributed by atoms with E-state index in [-0.39, 0.29) is 0 Å². The first-order valence-electron chi connectivity index (χ1n) is 7.13. The lowest BCUT2D eigenvalue weighted by molar-refractivity contribution is -0.146. The molecule has 2 unspecified atom stereocenters. The topological polar surface area (TPSA) is 49.3 Å². The Bertz CT molecular complexity index is 503. The van der Waals surface area contributed by atoms with Crippen LogP contribution in [0.1, 0.15) is 36.8 Å². The van der Waals surface area contributed by atoms with E-state index in [1.165, 1.54) is 16.0 Å². The molecule has 3 nitrogen and oxygen atoms in total. The molecule has 0 bridgehead atoms. The van der Waals surface area contributed by atoms with Crippen LogP contribution in [0.5, 0.6) is 0 Å². The molecule has 1 aliphatic rings. The van der Waals surface area contributed by atoms with Crippen LogP contribution in [0.2, 0.25) is 0 Å². The van der Waals surface area contributed by atoms with Gasteiger partial charge in [0.25, 0.3) is 0 Å². The number of aliphatic carboxylic acids is 1. The number of nitrogens with one attached hydrogen (secondary N) is 1. The summed E-state index contributed by atoms with van der Waals surface area (Å²) in [6.45, 7) is 4.21. The second-order valence-electron chi connectivity index (χ2n) is 5.74. The van der Waals surface area contributed by atoms with Gasteiger partial charge in [-0.1, -0.05) is 17.7 Å². The molecule has 2 atom stereocenters. The van der Waals surface area contributed by atoms with Gasteiger partial charge in [-0.15, -0.1) is 11.8 Å². The zero-order valence-corrected chi connectivity index (χ0v) is 13.2. The number of likely N-dealkylation sites (N-methyl/N-ethyl adjacent to an activating group) is 1. The van der Waals surface area contributed by atoms with Crippen molar-refractivity contribution in [1.82, 2.24) is 5.32 Å². The van der Waals surface area contributed by atoms with Gasteiger partial charge in [-0.2, -0.15) is 0 Å². The Morgan fingerprint density at radius 2 is 2.20 bits per heavy atom. The van der Waals surface area contributed by atoms with E-state index in [0.29, 0.717) is 11.7 Å². The number of carboxylic acid groups (broad SMARTS) is 1. The molecule has 110 valence electrons. The molecule has 2 rings (SSSR count). The highest BCUT2D eigenvalue weighted by Crippen LogP contribution is 2.39. The van der Waals surface area contributed by atoms with E-state index in [2.05, 4.69) is 37.4 Å². The number of hydrogen-bond acceptors (Lipinski definition) is 3. The summed E-state index contributed by atoms with van der Waals surface area (Å²) in [5, 5.41) is 12.9. The van der Waals surface area contributed by atoms with Crippen molar-refractivity contribution in [3.05, 3.63) is 29.3 Å². The van der Waals surface area contributed by atoms with Crippen molar-refractivity contribution in [2.75, 3.05) is 7.05 Å². The van der Waals surface area contributed by atoms with Crippen molar-refractivity contribution in [2.24, 2.45) is 0 Å². The monoisotopic (exact) mass is 293 g/mol. The summed E-state index contributed by atoms with van der Waals surface area (Å²) >= 11 is 1.84. The summed E-state index contributed by atoms with van der Waals surface area (Å²) in [7, 11) is 1.76.